The van der Waals surface area contributed by atoms with Gasteiger partial charge in [-0.2, -0.15) is 0 Å². The smallest absolute Gasteiger partial charge is 0.303 e. The first kappa shape index (κ1) is 23.1. The fraction of sp³-hybridized carbons (Fsp3) is 0.375. The minimum Gasteiger partial charge on any atom is -0.493 e. The van der Waals surface area contributed by atoms with Crippen LogP contribution in [0, 0.1) is 0 Å². The van der Waals surface area contributed by atoms with Gasteiger partial charge in [0.2, 0.25) is 0 Å². The molecule has 1 heterocycles. The number of carbonyl (C=O) groups is 3. The van der Waals surface area contributed by atoms with Crippen molar-refractivity contribution in [2.75, 3.05) is 13.2 Å². The van der Waals surface area contributed by atoms with Crippen LogP contribution in [0.15, 0.2) is 48.5 Å². The highest BCUT2D eigenvalue weighted by atomic mass is 16.5. The molecule has 0 saturated heterocycles. The van der Waals surface area contributed by atoms with Gasteiger partial charge in [-0.1, -0.05) is 18.2 Å². The van der Waals surface area contributed by atoms with Crippen molar-refractivity contribution >= 4 is 17.7 Å². The quantitative estimate of drug-likeness (QED) is 0.474. The molecule has 0 saturated carbocycles. The molecule has 0 amide bonds. The number of Topliss-reactive ketones (excluding diaryl/α,β-unsaturated/α-hetero) is 1. The molecule has 2 N–H and O–H groups in total. The Morgan fingerprint density at radius 1 is 0.906 bits per heavy atom. The van der Waals surface area contributed by atoms with Crippen molar-refractivity contribution in [3.05, 3.63) is 54.1 Å². The molecule has 0 bridgehead atoms. The molecule has 2 aromatic carbocycles. The predicted octanol–water partition coefficient (Wildman–Crippen LogP) is 3.97. The topological polar surface area (TPSA) is 119 Å². The van der Waals surface area contributed by atoms with Gasteiger partial charge in [-0.3, -0.25) is 14.4 Å². The summed E-state index contributed by atoms with van der Waals surface area (Å²) in [5.74, 6) is -0.691. The van der Waals surface area contributed by atoms with Gasteiger partial charge in [0.1, 0.15) is 22.8 Å². The van der Waals surface area contributed by atoms with Crippen molar-refractivity contribution in [1.82, 2.24) is 0 Å². The lowest BCUT2D eigenvalue weighted by Crippen LogP contribution is -2.43. The van der Waals surface area contributed by atoms with Crippen LogP contribution in [0.4, 0.5) is 0 Å². The van der Waals surface area contributed by atoms with Gasteiger partial charge >= 0.3 is 11.9 Å². The molecule has 0 radical (unpaired) electrons. The second-order valence-electron chi connectivity index (χ2n) is 7.69. The first-order valence-corrected chi connectivity index (χ1v) is 10.5. The fourth-order valence-corrected chi connectivity index (χ4v) is 3.59. The van der Waals surface area contributed by atoms with Gasteiger partial charge in [-0.15, -0.1) is 0 Å². The normalized spacial score (nSPS) is 14.2. The number of ether oxygens (including phenoxy) is 3. The van der Waals surface area contributed by atoms with Crippen molar-refractivity contribution in [1.29, 1.82) is 0 Å². The van der Waals surface area contributed by atoms with E-state index in [1.807, 2.05) is 30.3 Å². The highest BCUT2D eigenvalue weighted by molar-refractivity contribution is 6.00. The molecule has 8 heteroatoms. The zero-order chi connectivity index (χ0) is 23.0. The van der Waals surface area contributed by atoms with Crippen molar-refractivity contribution in [3.63, 3.8) is 0 Å². The molecule has 3 rings (SSSR count). The molecule has 8 nitrogen and oxygen atoms in total. The number of hydrogen-bond donors (Lipinski definition) is 2. The van der Waals surface area contributed by atoms with Crippen LogP contribution in [0.2, 0.25) is 0 Å². The Bertz CT molecular complexity index is 936. The summed E-state index contributed by atoms with van der Waals surface area (Å²) in [6.45, 7) is 0.875. The van der Waals surface area contributed by atoms with E-state index in [-0.39, 0.29) is 43.6 Å². The molecule has 0 spiro atoms. The molecule has 0 aliphatic carbocycles. The van der Waals surface area contributed by atoms with Crippen molar-refractivity contribution < 1.29 is 38.8 Å². The van der Waals surface area contributed by atoms with E-state index in [0.717, 1.165) is 5.75 Å². The summed E-state index contributed by atoms with van der Waals surface area (Å²) >= 11 is 0. The number of rotatable bonds is 12. The number of hydrogen-bond acceptors (Lipinski definition) is 6. The minimum atomic E-state index is -1.16. The molecule has 0 unspecified atom stereocenters. The van der Waals surface area contributed by atoms with Crippen LogP contribution in [0.5, 0.6) is 17.2 Å². The number of carboxylic acid groups (broad SMARTS) is 2. The fourth-order valence-electron chi connectivity index (χ4n) is 3.59. The molecule has 0 fully saturated rings. The van der Waals surface area contributed by atoms with Crippen molar-refractivity contribution in [3.8, 4) is 17.2 Å². The molecule has 0 aromatic heterocycles. The van der Waals surface area contributed by atoms with Crippen LogP contribution < -0.4 is 14.2 Å². The third-order valence-corrected chi connectivity index (χ3v) is 5.22. The first-order valence-electron chi connectivity index (χ1n) is 10.5. The Hall–Kier alpha value is -3.55. The van der Waals surface area contributed by atoms with Gasteiger partial charge in [0.15, 0.2) is 5.78 Å². The van der Waals surface area contributed by atoms with Crippen LogP contribution >= 0.6 is 0 Å². The zero-order valence-electron chi connectivity index (χ0n) is 17.6. The summed E-state index contributed by atoms with van der Waals surface area (Å²) in [6.07, 6.45) is 0.232. The third kappa shape index (κ3) is 6.47. The van der Waals surface area contributed by atoms with Crippen LogP contribution in [-0.4, -0.2) is 46.7 Å². The summed E-state index contributed by atoms with van der Waals surface area (Å²) < 4.78 is 17.4. The lowest BCUT2D eigenvalue weighted by molar-refractivity contribution is -0.139. The van der Waals surface area contributed by atoms with E-state index in [1.54, 1.807) is 18.2 Å². The van der Waals surface area contributed by atoms with Crippen molar-refractivity contribution in [2.24, 2.45) is 0 Å². The molecular weight excluding hydrogens is 416 g/mol. The molecular formula is C24H26O8. The van der Waals surface area contributed by atoms with Crippen LogP contribution in [0.25, 0.3) is 0 Å². The highest BCUT2D eigenvalue weighted by Gasteiger charge is 2.41. The summed E-state index contributed by atoms with van der Waals surface area (Å²) in [5, 5.41) is 18.1. The molecule has 32 heavy (non-hydrogen) atoms. The highest BCUT2D eigenvalue weighted by Crippen LogP contribution is 2.40. The zero-order valence-corrected chi connectivity index (χ0v) is 17.6. The maximum atomic E-state index is 12.7. The molecule has 170 valence electrons. The second-order valence-corrected chi connectivity index (χ2v) is 7.69. The molecule has 0 atom stereocenters. The Morgan fingerprint density at radius 2 is 1.53 bits per heavy atom. The largest absolute Gasteiger partial charge is 0.493 e. The summed E-state index contributed by atoms with van der Waals surface area (Å²) in [5.41, 5.74) is -0.783. The number of aliphatic carboxylic acids is 2. The number of para-hydroxylation sites is 1. The van der Waals surface area contributed by atoms with Crippen LogP contribution in [0.3, 0.4) is 0 Å². The number of benzene rings is 2. The van der Waals surface area contributed by atoms with Crippen LogP contribution in [-0.2, 0) is 9.59 Å². The van der Waals surface area contributed by atoms with Crippen molar-refractivity contribution in [2.45, 2.75) is 44.1 Å². The Labute approximate surface area is 185 Å². The van der Waals surface area contributed by atoms with Crippen LogP contribution in [0.1, 0.15) is 48.9 Å². The van der Waals surface area contributed by atoms with Gasteiger partial charge in [0.25, 0.3) is 0 Å². The average Bonchev–Trinajstić information content (AvgIpc) is 2.77. The summed E-state index contributed by atoms with van der Waals surface area (Å²) in [7, 11) is 0. The van der Waals surface area contributed by atoms with E-state index in [9.17, 15) is 14.4 Å². The van der Waals surface area contributed by atoms with Gasteiger partial charge in [-0.05, 0) is 37.1 Å². The number of fused-ring (bicyclic) bond motifs is 1. The lowest BCUT2D eigenvalue weighted by atomic mass is 9.83. The standard InChI is InChI=1S/C24H26O8/c25-20-16-24(11-9-22(26)27,12-10-23(28)29)32-21-15-18(7-8-19(20)21)31-14-4-13-30-17-5-2-1-3-6-17/h1-3,5-8,15H,4,9-14,16H2,(H,26,27)(H,28,29). The predicted molar refractivity (Wildman–Crippen MR) is 115 cm³/mol. The van der Waals surface area contributed by atoms with Gasteiger partial charge in [-0.25, -0.2) is 0 Å². The SMILES string of the molecule is O=C(O)CCC1(CCC(=O)O)CC(=O)c2ccc(OCCCOc3ccccc3)cc2O1. The molecule has 1 aliphatic heterocycles. The van der Waals surface area contributed by atoms with Gasteiger partial charge in [0, 0.05) is 25.3 Å². The monoisotopic (exact) mass is 442 g/mol. The van der Waals surface area contributed by atoms with Gasteiger partial charge < -0.3 is 24.4 Å². The van der Waals surface area contributed by atoms with E-state index in [0.29, 0.717) is 30.9 Å². The van der Waals surface area contributed by atoms with E-state index in [1.165, 1.54) is 0 Å². The number of ketones is 1. The van der Waals surface area contributed by atoms with E-state index in [2.05, 4.69) is 0 Å². The van der Waals surface area contributed by atoms with E-state index < -0.39 is 17.5 Å². The number of carbonyl (C=O) groups excluding carboxylic acids is 1. The summed E-state index contributed by atoms with van der Waals surface area (Å²) in [4.78, 5) is 34.9. The maximum absolute atomic E-state index is 12.7. The Morgan fingerprint density at radius 3 is 2.16 bits per heavy atom. The maximum Gasteiger partial charge on any atom is 0.303 e. The first-order chi connectivity index (χ1) is 15.4. The third-order valence-electron chi connectivity index (χ3n) is 5.22. The lowest BCUT2D eigenvalue weighted by Gasteiger charge is -2.37. The van der Waals surface area contributed by atoms with E-state index in [4.69, 9.17) is 24.4 Å². The minimum absolute atomic E-state index is 0.0443. The second kappa shape index (κ2) is 10.7. The summed E-state index contributed by atoms with van der Waals surface area (Å²) in [6, 6.07) is 14.3. The molecule has 1 aliphatic rings. The number of carboxylic acids is 2. The average molecular weight is 442 g/mol. The molecule has 2 aromatic rings. The van der Waals surface area contributed by atoms with Gasteiger partial charge in [0.05, 0.1) is 25.2 Å². The Balaban J connectivity index is 1.62. The Kier molecular flexibility index (Phi) is 7.70. The van der Waals surface area contributed by atoms with E-state index >= 15 is 0 Å².